The van der Waals surface area contributed by atoms with Crippen molar-refractivity contribution in [2.45, 2.75) is 40.6 Å². The smallest absolute Gasteiger partial charge is 0.250 e. The van der Waals surface area contributed by atoms with Gasteiger partial charge in [-0.15, -0.1) is 10.2 Å². The molecule has 2 aromatic carbocycles. The first-order valence-corrected chi connectivity index (χ1v) is 13.7. The van der Waals surface area contributed by atoms with Crippen LogP contribution < -0.4 is 10.2 Å². The Morgan fingerprint density at radius 3 is 2.64 bits per heavy atom. The highest BCUT2D eigenvalue weighted by atomic mass is 35.5. The minimum absolute atomic E-state index is 0.201. The van der Waals surface area contributed by atoms with E-state index in [1.807, 2.05) is 48.5 Å². The standard InChI is InChI=1S/C23H25ClN4O2S3/c1-2-3-6-13-30-19-11-9-17(10-12-19)14-25-26-21(29)16-32-23-28-27-22(33-23)31-15-18-7-4-5-8-20(18)24/h4-5,7-12,14H,2-3,6,13,15-16H2,1H3,(H,26,29)/b25-14+. The molecule has 174 valence electrons. The first-order valence-electron chi connectivity index (χ1n) is 10.5. The summed E-state index contributed by atoms with van der Waals surface area (Å²) in [5, 5.41) is 13.1. The van der Waals surface area contributed by atoms with Crippen molar-refractivity contribution >= 4 is 58.6 Å². The van der Waals surface area contributed by atoms with Crippen LogP contribution in [-0.4, -0.2) is 34.7 Å². The van der Waals surface area contributed by atoms with Gasteiger partial charge in [-0.25, -0.2) is 5.43 Å². The van der Waals surface area contributed by atoms with Gasteiger partial charge in [0.2, 0.25) is 0 Å². The molecule has 0 unspecified atom stereocenters. The first-order chi connectivity index (χ1) is 16.1. The third-order valence-corrected chi connectivity index (χ3v) is 7.93. The van der Waals surface area contributed by atoms with Crippen molar-refractivity contribution in [1.82, 2.24) is 15.6 Å². The Kier molecular flexibility index (Phi) is 11.0. The fourth-order valence-electron chi connectivity index (χ4n) is 2.60. The van der Waals surface area contributed by atoms with Crippen molar-refractivity contribution in [2.75, 3.05) is 12.4 Å². The van der Waals surface area contributed by atoms with Crippen LogP contribution in [-0.2, 0) is 10.5 Å². The van der Waals surface area contributed by atoms with Gasteiger partial charge in [-0.1, -0.05) is 84.4 Å². The molecule has 1 aromatic heterocycles. The fourth-order valence-corrected chi connectivity index (χ4v) is 5.70. The number of thioether (sulfide) groups is 2. The van der Waals surface area contributed by atoms with E-state index in [1.54, 1.807) is 18.0 Å². The van der Waals surface area contributed by atoms with Gasteiger partial charge in [0.25, 0.3) is 5.91 Å². The molecular weight excluding hydrogens is 496 g/mol. The maximum absolute atomic E-state index is 12.1. The van der Waals surface area contributed by atoms with Gasteiger partial charge in [0, 0.05) is 10.8 Å². The maximum Gasteiger partial charge on any atom is 0.250 e. The van der Waals surface area contributed by atoms with Gasteiger partial charge in [0.1, 0.15) is 5.75 Å². The van der Waals surface area contributed by atoms with Crippen LogP contribution in [0.5, 0.6) is 5.75 Å². The quantitative estimate of drug-likeness (QED) is 0.123. The monoisotopic (exact) mass is 520 g/mol. The lowest BCUT2D eigenvalue weighted by atomic mass is 10.2. The van der Waals surface area contributed by atoms with E-state index in [0.29, 0.717) is 0 Å². The molecule has 6 nitrogen and oxygen atoms in total. The third-order valence-electron chi connectivity index (χ3n) is 4.32. The molecule has 0 atom stereocenters. The van der Waals surface area contributed by atoms with Gasteiger partial charge >= 0.3 is 0 Å². The summed E-state index contributed by atoms with van der Waals surface area (Å²) < 4.78 is 7.27. The molecule has 0 radical (unpaired) electrons. The van der Waals surface area contributed by atoms with Gasteiger partial charge in [-0.2, -0.15) is 5.10 Å². The van der Waals surface area contributed by atoms with Gasteiger partial charge in [-0.05, 0) is 47.9 Å². The van der Waals surface area contributed by atoms with Gasteiger partial charge in [0.15, 0.2) is 8.68 Å². The van der Waals surface area contributed by atoms with Crippen LogP contribution in [0, 0.1) is 0 Å². The highest BCUT2D eigenvalue weighted by molar-refractivity contribution is 8.03. The highest BCUT2D eigenvalue weighted by Crippen LogP contribution is 2.32. The number of carbonyl (C=O) groups is 1. The number of aromatic nitrogens is 2. The number of hydrogen-bond acceptors (Lipinski definition) is 8. The van der Waals surface area contributed by atoms with Gasteiger partial charge < -0.3 is 4.74 Å². The van der Waals surface area contributed by atoms with E-state index in [0.717, 1.165) is 49.4 Å². The summed E-state index contributed by atoms with van der Waals surface area (Å²) in [6.07, 6.45) is 5.02. The zero-order valence-electron chi connectivity index (χ0n) is 18.2. The molecule has 0 aliphatic carbocycles. The Hall–Kier alpha value is -2.07. The molecule has 0 spiro atoms. The van der Waals surface area contributed by atoms with Crippen molar-refractivity contribution < 1.29 is 9.53 Å². The number of hydrazone groups is 1. The zero-order chi connectivity index (χ0) is 23.3. The van der Waals surface area contributed by atoms with Crippen LogP contribution in [0.1, 0.15) is 37.3 Å². The van der Waals surface area contributed by atoms with E-state index in [9.17, 15) is 4.79 Å². The second-order valence-corrected chi connectivity index (χ2v) is 10.8. The molecule has 0 saturated heterocycles. The van der Waals surface area contributed by atoms with Crippen molar-refractivity contribution in [3.05, 3.63) is 64.7 Å². The maximum atomic E-state index is 12.1. The topological polar surface area (TPSA) is 76.5 Å². The number of ether oxygens (including phenoxy) is 1. The van der Waals surface area contributed by atoms with Crippen LogP contribution >= 0.6 is 46.5 Å². The van der Waals surface area contributed by atoms with E-state index >= 15 is 0 Å². The molecule has 0 aliphatic rings. The molecule has 3 aromatic rings. The minimum atomic E-state index is -0.201. The van der Waals surface area contributed by atoms with Crippen LogP contribution in [0.2, 0.25) is 5.02 Å². The normalized spacial score (nSPS) is 11.1. The number of halogens is 1. The Bertz CT molecular complexity index is 1040. The Balaban J connectivity index is 1.35. The lowest BCUT2D eigenvalue weighted by molar-refractivity contribution is -0.118. The zero-order valence-corrected chi connectivity index (χ0v) is 21.4. The number of nitrogens with one attached hydrogen (secondary N) is 1. The number of nitrogens with zero attached hydrogens (tertiary/aromatic N) is 3. The summed E-state index contributed by atoms with van der Waals surface area (Å²) in [6, 6.07) is 15.4. The second-order valence-electron chi connectivity index (χ2n) is 6.92. The average molecular weight is 521 g/mol. The molecule has 0 aliphatic heterocycles. The van der Waals surface area contributed by atoms with E-state index < -0.39 is 0 Å². The van der Waals surface area contributed by atoms with Crippen LogP contribution in [0.3, 0.4) is 0 Å². The number of hydrogen-bond donors (Lipinski definition) is 1. The largest absolute Gasteiger partial charge is 0.494 e. The van der Waals surface area contributed by atoms with Crippen molar-refractivity contribution in [3.63, 3.8) is 0 Å². The van der Waals surface area contributed by atoms with Crippen LogP contribution in [0.15, 0.2) is 62.3 Å². The molecule has 10 heteroatoms. The highest BCUT2D eigenvalue weighted by Gasteiger charge is 2.09. The SMILES string of the molecule is CCCCCOc1ccc(/C=N/NC(=O)CSc2nnc(SCc3ccccc3Cl)s2)cc1. The third kappa shape index (κ3) is 9.37. The lowest BCUT2D eigenvalue weighted by Gasteiger charge is -2.05. The lowest BCUT2D eigenvalue weighted by Crippen LogP contribution is -2.19. The average Bonchev–Trinajstić information content (AvgIpc) is 3.29. The number of amides is 1. The molecule has 1 N–H and O–H groups in total. The van der Waals surface area contributed by atoms with Gasteiger partial charge in [-0.3, -0.25) is 4.79 Å². The number of rotatable bonds is 13. The first kappa shape index (κ1) is 25.6. The summed E-state index contributed by atoms with van der Waals surface area (Å²) >= 11 is 10.6. The Morgan fingerprint density at radius 2 is 1.88 bits per heavy atom. The summed E-state index contributed by atoms with van der Waals surface area (Å²) in [6.45, 7) is 2.90. The number of unbranched alkanes of at least 4 members (excludes halogenated alkanes) is 2. The van der Waals surface area contributed by atoms with E-state index in [4.69, 9.17) is 16.3 Å². The molecular formula is C23H25ClN4O2S3. The van der Waals surface area contributed by atoms with Crippen molar-refractivity contribution in [2.24, 2.45) is 5.10 Å². The summed E-state index contributed by atoms with van der Waals surface area (Å²) in [4.78, 5) is 12.1. The minimum Gasteiger partial charge on any atom is -0.494 e. The van der Waals surface area contributed by atoms with Crippen LogP contribution in [0.25, 0.3) is 0 Å². The number of benzene rings is 2. The fraction of sp³-hybridized carbons (Fsp3) is 0.304. The summed E-state index contributed by atoms with van der Waals surface area (Å²) in [7, 11) is 0. The van der Waals surface area contributed by atoms with E-state index in [2.05, 4.69) is 27.6 Å². The molecule has 0 bridgehead atoms. The summed E-state index contributed by atoms with van der Waals surface area (Å²) in [5.74, 6) is 1.57. The van der Waals surface area contributed by atoms with Gasteiger partial charge in [0.05, 0.1) is 18.6 Å². The van der Waals surface area contributed by atoms with Crippen molar-refractivity contribution in [3.8, 4) is 5.75 Å². The molecule has 0 fully saturated rings. The summed E-state index contributed by atoms with van der Waals surface area (Å²) in [5.41, 5.74) is 4.48. The van der Waals surface area contributed by atoms with Crippen molar-refractivity contribution in [1.29, 1.82) is 0 Å². The Labute approximate surface area is 211 Å². The molecule has 0 saturated carbocycles. The number of carbonyl (C=O) groups excluding carboxylic acids is 1. The molecule has 1 heterocycles. The second kappa shape index (κ2) is 14.2. The predicted molar refractivity (Wildman–Crippen MR) is 139 cm³/mol. The predicted octanol–water partition coefficient (Wildman–Crippen LogP) is 6.30. The van der Waals surface area contributed by atoms with E-state index in [1.165, 1.54) is 35.9 Å². The molecule has 33 heavy (non-hydrogen) atoms. The van der Waals surface area contributed by atoms with E-state index in [-0.39, 0.29) is 11.7 Å². The Morgan fingerprint density at radius 1 is 1.12 bits per heavy atom. The molecule has 3 rings (SSSR count). The van der Waals surface area contributed by atoms with Crippen LogP contribution in [0.4, 0.5) is 0 Å². The molecule has 1 amide bonds.